The molecule has 1 aliphatic rings. The lowest BCUT2D eigenvalue weighted by Crippen LogP contribution is -2.42. The molecule has 13 heavy (non-hydrogen) atoms. The van der Waals surface area contributed by atoms with Crippen molar-refractivity contribution >= 4 is 17.7 Å². The van der Waals surface area contributed by atoms with Gasteiger partial charge in [0.25, 0.3) is 0 Å². The van der Waals surface area contributed by atoms with Crippen LogP contribution in [-0.2, 0) is 4.79 Å². The molecule has 2 atom stereocenters. The van der Waals surface area contributed by atoms with E-state index < -0.39 is 0 Å². The minimum absolute atomic E-state index is 0.107. The van der Waals surface area contributed by atoms with Crippen LogP contribution in [0.2, 0.25) is 0 Å². The predicted molar refractivity (Wildman–Crippen MR) is 56.8 cm³/mol. The molecule has 1 aliphatic heterocycles. The van der Waals surface area contributed by atoms with Gasteiger partial charge in [-0.25, -0.2) is 0 Å². The first-order valence-electron chi connectivity index (χ1n) is 4.86. The first-order chi connectivity index (χ1) is 6.24. The average Bonchev–Trinajstić information content (AvgIpc) is 2.19. The first kappa shape index (κ1) is 10.9. The van der Waals surface area contributed by atoms with Crippen molar-refractivity contribution in [2.24, 2.45) is 5.73 Å². The molecule has 0 aromatic carbocycles. The molecule has 1 fully saturated rings. The van der Waals surface area contributed by atoms with E-state index in [1.54, 1.807) is 11.8 Å². The normalized spacial score (nSPS) is 25.2. The Morgan fingerprint density at radius 2 is 2.46 bits per heavy atom. The fraction of sp³-hybridized carbons (Fsp3) is 0.889. The third kappa shape index (κ3) is 3.56. The number of hydrogen-bond acceptors (Lipinski definition) is 3. The Kier molecular flexibility index (Phi) is 4.59. The second-order valence-electron chi connectivity index (χ2n) is 3.50. The van der Waals surface area contributed by atoms with Crippen LogP contribution in [0.3, 0.4) is 0 Å². The molecule has 2 unspecified atom stereocenters. The highest BCUT2D eigenvalue weighted by Gasteiger charge is 2.22. The summed E-state index contributed by atoms with van der Waals surface area (Å²) in [5, 5.41) is 3.08. The van der Waals surface area contributed by atoms with E-state index in [4.69, 9.17) is 5.73 Å². The summed E-state index contributed by atoms with van der Waals surface area (Å²) in [4.78, 5) is 11.6. The quantitative estimate of drug-likeness (QED) is 0.709. The number of thioether (sulfide) groups is 1. The van der Waals surface area contributed by atoms with Crippen LogP contribution in [0.4, 0.5) is 0 Å². The maximum Gasteiger partial charge on any atom is 0.233 e. The molecular formula is C9H18N2OS. The molecule has 4 heteroatoms. The van der Waals surface area contributed by atoms with Gasteiger partial charge in [0, 0.05) is 12.6 Å². The number of carbonyl (C=O) groups excluding carboxylic acids is 1. The zero-order chi connectivity index (χ0) is 9.68. The summed E-state index contributed by atoms with van der Waals surface area (Å²) >= 11 is 1.77. The van der Waals surface area contributed by atoms with Crippen molar-refractivity contribution in [3.05, 3.63) is 0 Å². The number of nitrogens with one attached hydrogen (secondary N) is 1. The van der Waals surface area contributed by atoms with Crippen LogP contribution >= 0.6 is 11.8 Å². The van der Waals surface area contributed by atoms with Gasteiger partial charge in [0.05, 0.1) is 5.25 Å². The van der Waals surface area contributed by atoms with Crippen LogP contribution in [0.1, 0.15) is 26.2 Å². The van der Waals surface area contributed by atoms with Crippen molar-refractivity contribution in [3.63, 3.8) is 0 Å². The lowest BCUT2D eigenvalue weighted by atomic mass is 10.1. The van der Waals surface area contributed by atoms with E-state index in [0.29, 0.717) is 6.54 Å². The third-order valence-electron chi connectivity index (χ3n) is 2.21. The summed E-state index contributed by atoms with van der Waals surface area (Å²) in [5.74, 6) is 1.29. The van der Waals surface area contributed by atoms with Crippen molar-refractivity contribution in [1.29, 1.82) is 0 Å². The zero-order valence-electron chi connectivity index (χ0n) is 8.08. The lowest BCUT2D eigenvalue weighted by Gasteiger charge is -2.22. The Bertz CT molecular complexity index is 169. The van der Waals surface area contributed by atoms with Crippen molar-refractivity contribution in [3.8, 4) is 0 Å². The molecule has 1 heterocycles. The van der Waals surface area contributed by atoms with Crippen molar-refractivity contribution in [2.45, 2.75) is 37.5 Å². The van der Waals surface area contributed by atoms with E-state index in [-0.39, 0.29) is 17.2 Å². The molecule has 3 nitrogen and oxygen atoms in total. The van der Waals surface area contributed by atoms with Gasteiger partial charge in [-0.05, 0) is 25.5 Å². The highest BCUT2D eigenvalue weighted by molar-refractivity contribution is 8.00. The molecule has 0 aliphatic carbocycles. The Morgan fingerprint density at radius 3 is 3.00 bits per heavy atom. The van der Waals surface area contributed by atoms with Gasteiger partial charge in [0.2, 0.25) is 5.91 Å². The molecular weight excluding hydrogens is 184 g/mol. The number of rotatable bonds is 3. The fourth-order valence-corrected chi connectivity index (χ4v) is 2.55. The number of amides is 1. The van der Waals surface area contributed by atoms with Crippen LogP contribution in [0.5, 0.6) is 0 Å². The smallest absolute Gasteiger partial charge is 0.233 e. The average molecular weight is 202 g/mol. The van der Waals surface area contributed by atoms with Crippen LogP contribution < -0.4 is 11.1 Å². The molecule has 0 aromatic heterocycles. The van der Waals surface area contributed by atoms with E-state index in [1.165, 1.54) is 12.8 Å². The molecule has 1 saturated heterocycles. The van der Waals surface area contributed by atoms with Crippen LogP contribution in [0.25, 0.3) is 0 Å². The standard InChI is InChI=1S/C9H18N2OS/c1-7(6-10)11-9(12)8-4-2-3-5-13-8/h7-8H,2-6,10H2,1H3,(H,11,12). The third-order valence-corrected chi connectivity index (χ3v) is 3.59. The van der Waals surface area contributed by atoms with Gasteiger partial charge in [-0.1, -0.05) is 6.42 Å². The van der Waals surface area contributed by atoms with Crippen LogP contribution in [0.15, 0.2) is 0 Å². The number of hydrogen-bond donors (Lipinski definition) is 2. The summed E-state index contributed by atoms with van der Waals surface area (Å²) in [6, 6.07) is 0.107. The number of carbonyl (C=O) groups is 1. The molecule has 0 aromatic rings. The van der Waals surface area contributed by atoms with Gasteiger partial charge in [-0.2, -0.15) is 0 Å². The van der Waals surface area contributed by atoms with Gasteiger partial charge in [0.1, 0.15) is 0 Å². The highest BCUT2D eigenvalue weighted by Crippen LogP contribution is 2.24. The fourth-order valence-electron chi connectivity index (χ4n) is 1.34. The summed E-state index contributed by atoms with van der Waals surface area (Å²) in [5.41, 5.74) is 5.43. The SMILES string of the molecule is CC(CN)NC(=O)C1CCCCS1. The van der Waals surface area contributed by atoms with Gasteiger partial charge >= 0.3 is 0 Å². The van der Waals surface area contributed by atoms with Crippen molar-refractivity contribution < 1.29 is 4.79 Å². The van der Waals surface area contributed by atoms with Crippen molar-refractivity contribution in [2.75, 3.05) is 12.3 Å². The van der Waals surface area contributed by atoms with Gasteiger partial charge in [-0.15, -0.1) is 11.8 Å². The first-order valence-corrected chi connectivity index (χ1v) is 5.91. The highest BCUT2D eigenvalue weighted by atomic mass is 32.2. The molecule has 3 N–H and O–H groups in total. The van der Waals surface area contributed by atoms with E-state index >= 15 is 0 Å². The van der Waals surface area contributed by atoms with E-state index in [9.17, 15) is 4.79 Å². The number of nitrogens with two attached hydrogens (primary N) is 1. The minimum atomic E-state index is 0.107. The molecule has 0 radical (unpaired) electrons. The maximum atomic E-state index is 11.6. The van der Waals surface area contributed by atoms with E-state index in [2.05, 4.69) is 5.32 Å². The molecule has 0 bridgehead atoms. The molecule has 0 saturated carbocycles. The summed E-state index contributed by atoms with van der Waals surface area (Å²) < 4.78 is 0. The minimum Gasteiger partial charge on any atom is -0.351 e. The van der Waals surface area contributed by atoms with E-state index in [0.717, 1.165) is 12.2 Å². The maximum absolute atomic E-state index is 11.6. The van der Waals surface area contributed by atoms with Gasteiger partial charge in [0.15, 0.2) is 0 Å². The lowest BCUT2D eigenvalue weighted by molar-refractivity contribution is -0.121. The Labute approximate surface area is 83.8 Å². The summed E-state index contributed by atoms with van der Waals surface area (Å²) in [7, 11) is 0. The second-order valence-corrected chi connectivity index (χ2v) is 4.81. The van der Waals surface area contributed by atoms with Gasteiger partial charge in [-0.3, -0.25) is 4.79 Å². The predicted octanol–water partition coefficient (Wildman–Crippen LogP) is 0.735. The van der Waals surface area contributed by atoms with Crippen LogP contribution in [-0.4, -0.2) is 29.5 Å². The van der Waals surface area contributed by atoms with Gasteiger partial charge < -0.3 is 11.1 Å². The molecule has 0 spiro atoms. The topological polar surface area (TPSA) is 55.1 Å². The Balaban J connectivity index is 2.29. The second kappa shape index (κ2) is 5.50. The van der Waals surface area contributed by atoms with Crippen molar-refractivity contribution in [1.82, 2.24) is 5.32 Å². The monoisotopic (exact) mass is 202 g/mol. The van der Waals surface area contributed by atoms with Crippen LogP contribution in [0, 0.1) is 0 Å². The molecule has 1 amide bonds. The molecule has 76 valence electrons. The Hall–Kier alpha value is -0.220. The van der Waals surface area contributed by atoms with E-state index in [1.807, 2.05) is 6.92 Å². The Morgan fingerprint density at radius 1 is 1.69 bits per heavy atom. The molecule has 1 rings (SSSR count). The summed E-state index contributed by atoms with van der Waals surface area (Å²) in [6.45, 7) is 2.45. The summed E-state index contributed by atoms with van der Waals surface area (Å²) in [6.07, 6.45) is 3.46. The zero-order valence-corrected chi connectivity index (χ0v) is 8.90. The largest absolute Gasteiger partial charge is 0.351 e.